The number of nitro groups is 1. The normalized spacial score (nSPS) is 19.3. The fraction of sp³-hybridized carbons (Fsp3) is 0.500. The van der Waals surface area contributed by atoms with Gasteiger partial charge in [0.1, 0.15) is 0 Å². The molecule has 1 aromatic carbocycles. The maximum Gasteiger partial charge on any atom is 0.275 e. The van der Waals surface area contributed by atoms with E-state index in [0.717, 1.165) is 13.1 Å². The highest BCUT2D eigenvalue weighted by Crippen LogP contribution is 2.23. The highest BCUT2D eigenvalue weighted by molar-refractivity contribution is 6.30. The van der Waals surface area contributed by atoms with Crippen molar-refractivity contribution in [2.75, 3.05) is 26.3 Å². The van der Waals surface area contributed by atoms with E-state index in [1.165, 1.54) is 12.1 Å². The predicted octanol–water partition coefficient (Wildman–Crippen LogP) is 1.75. The van der Waals surface area contributed by atoms with E-state index < -0.39 is 4.92 Å². The molecule has 1 N–H and O–H groups in total. The van der Waals surface area contributed by atoms with Gasteiger partial charge in [0.15, 0.2) is 0 Å². The number of hydrogen-bond donors (Lipinski definition) is 1. The van der Waals surface area contributed by atoms with Crippen molar-refractivity contribution in [1.29, 1.82) is 0 Å². The van der Waals surface area contributed by atoms with Crippen LogP contribution < -0.4 is 5.32 Å². The zero-order chi connectivity index (χ0) is 13.7. The average molecular weight is 287 g/mol. The molecule has 1 atom stereocenters. The minimum atomic E-state index is -0.437. The number of nitro benzene ring substituents is 1. The second kappa shape index (κ2) is 6.81. The number of nitrogens with zero attached hydrogens (tertiary/aromatic N) is 1. The summed E-state index contributed by atoms with van der Waals surface area (Å²) in [7, 11) is 0. The summed E-state index contributed by atoms with van der Waals surface area (Å²) in [5.41, 5.74) is 0.494. The van der Waals surface area contributed by atoms with Crippen LogP contribution >= 0.6 is 11.6 Å². The van der Waals surface area contributed by atoms with Gasteiger partial charge in [-0.3, -0.25) is 10.1 Å². The van der Waals surface area contributed by atoms with E-state index in [1.807, 2.05) is 0 Å². The minimum Gasteiger partial charge on any atom is -0.374 e. The zero-order valence-corrected chi connectivity index (χ0v) is 11.1. The highest BCUT2D eigenvalue weighted by atomic mass is 35.5. The summed E-state index contributed by atoms with van der Waals surface area (Å²) in [5.74, 6) is 0. The molecule has 0 radical (unpaired) electrons. The molecule has 0 spiro atoms. The number of hydrogen-bond acceptors (Lipinski definition) is 5. The first-order valence-corrected chi connectivity index (χ1v) is 6.37. The number of ether oxygens (including phenoxy) is 2. The molecule has 0 amide bonds. The van der Waals surface area contributed by atoms with Gasteiger partial charge < -0.3 is 14.8 Å². The quantitative estimate of drug-likeness (QED) is 0.659. The van der Waals surface area contributed by atoms with Gasteiger partial charge >= 0.3 is 0 Å². The van der Waals surface area contributed by atoms with Crippen molar-refractivity contribution in [3.8, 4) is 0 Å². The van der Waals surface area contributed by atoms with Crippen LogP contribution in [-0.4, -0.2) is 37.3 Å². The number of halogens is 1. The molecule has 1 unspecified atom stereocenters. The van der Waals surface area contributed by atoms with Crippen LogP contribution in [0.2, 0.25) is 5.02 Å². The van der Waals surface area contributed by atoms with Crippen molar-refractivity contribution in [2.24, 2.45) is 0 Å². The van der Waals surface area contributed by atoms with Gasteiger partial charge in [-0.15, -0.1) is 0 Å². The van der Waals surface area contributed by atoms with Crippen LogP contribution in [0.15, 0.2) is 18.2 Å². The van der Waals surface area contributed by atoms with Crippen molar-refractivity contribution in [1.82, 2.24) is 5.32 Å². The highest BCUT2D eigenvalue weighted by Gasteiger charge is 2.16. The molecule has 1 fully saturated rings. The maximum absolute atomic E-state index is 10.9. The fourth-order valence-electron chi connectivity index (χ4n) is 1.87. The molecule has 0 saturated carbocycles. The molecular weight excluding hydrogens is 272 g/mol. The summed E-state index contributed by atoms with van der Waals surface area (Å²) >= 11 is 5.84. The van der Waals surface area contributed by atoms with Gasteiger partial charge in [-0.2, -0.15) is 0 Å². The Morgan fingerprint density at radius 3 is 3.11 bits per heavy atom. The Bertz CT molecular complexity index is 449. The van der Waals surface area contributed by atoms with Gasteiger partial charge in [-0.05, 0) is 12.1 Å². The molecule has 0 aliphatic carbocycles. The molecule has 0 bridgehead atoms. The molecule has 7 heteroatoms. The van der Waals surface area contributed by atoms with Gasteiger partial charge in [0.2, 0.25) is 0 Å². The Morgan fingerprint density at radius 2 is 2.42 bits per heavy atom. The maximum atomic E-state index is 10.9. The van der Waals surface area contributed by atoms with Crippen molar-refractivity contribution in [3.05, 3.63) is 38.9 Å². The summed E-state index contributed by atoms with van der Waals surface area (Å²) in [6.07, 6.45) is -0.00742. The Hall–Kier alpha value is -1.21. The first-order chi connectivity index (χ1) is 9.16. The lowest BCUT2D eigenvalue weighted by molar-refractivity contribution is -0.386. The lowest BCUT2D eigenvalue weighted by Crippen LogP contribution is -2.40. The van der Waals surface area contributed by atoms with E-state index in [4.69, 9.17) is 21.1 Å². The van der Waals surface area contributed by atoms with Gasteiger partial charge in [0.25, 0.3) is 5.69 Å². The summed E-state index contributed by atoms with van der Waals surface area (Å²) < 4.78 is 10.9. The third kappa shape index (κ3) is 4.14. The van der Waals surface area contributed by atoms with Crippen LogP contribution in [-0.2, 0) is 16.1 Å². The van der Waals surface area contributed by atoms with Crippen LogP contribution in [0.5, 0.6) is 0 Å². The lowest BCUT2D eigenvalue weighted by atomic mass is 10.2. The Morgan fingerprint density at radius 1 is 1.58 bits per heavy atom. The molecule has 1 aliphatic rings. The molecule has 6 nitrogen and oxygen atoms in total. The molecule has 1 heterocycles. The van der Waals surface area contributed by atoms with Crippen molar-refractivity contribution in [3.63, 3.8) is 0 Å². The lowest BCUT2D eigenvalue weighted by Gasteiger charge is -2.23. The van der Waals surface area contributed by atoms with Crippen LogP contribution in [0.25, 0.3) is 0 Å². The van der Waals surface area contributed by atoms with E-state index in [9.17, 15) is 10.1 Å². The molecule has 1 saturated heterocycles. The first kappa shape index (κ1) is 14.2. The SMILES string of the molecule is O=[N+]([O-])c1ccc(Cl)cc1COCC1CNCCO1. The Labute approximate surface area is 115 Å². The number of morpholine rings is 1. The Kier molecular flexibility index (Phi) is 5.09. The average Bonchev–Trinajstić information content (AvgIpc) is 2.39. The van der Waals surface area contributed by atoms with E-state index >= 15 is 0 Å². The minimum absolute atomic E-state index is 0.00742. The van der Waals surface area contributed by atoms with Crippen LogP contribution in [0.3, 0.4) is 0 Å². The van der Waals surface area contributed by atoms with Crippen LogP contribution in [0.4, 0.5) is 5.69 Å². The van der Waals surface area contributed by atoms with Gasteiger partial charge in [-0.25, -0.2) is 0 Å². The zero-order valence-electron chi connectivity index (χ0n) is 10.3. The standard InChI is InChI=1S/C12H15ClN2O4/c13-10-1-2-12(15(16)17)9(5-10)7-18-8-11-6-14-3-4-19-11/h1-2,5,11,14H,3-4,6-8H2. The molecule has 104 valence electrons. The monoisotopic (exact) mass is 286 g/mol. The van der Waals surface area contributed by atoms with E-state index in [0.29, 0.717) is 23.8 Å². The fourth-order valence-corrected chi connectivity index (χ4v) is 2.07. The van der Waals surface area contributed by atoms with Crippen molar-refractivity contribution in [2.45, 2.75) is 12.7 Å². The van der Waals surface area contributed by atoms with E-state index in [2.05, 4.69) is 5.32 Å². The molecule has 19 heavy (non-hydrogen) atoms. The predicted molar refractivity (Wildman–Crippen MR) is 70.4 cm³/mol. The summed E-state index contributed by atoms with van der Waals surface area (Å²) in [6, 6.07) is 4.44. The van der Waals surface area contributed by atoms with Crippen LogP contribution in [0, 0.1) is 10.1 Å². The number of nitrogens with one attached hydrogen (secondary N) is 1. The summed E-state index contributed by atoms with van der Waals surface area (Å²) in [5, 5.41) is 14.5. The molecule has 2 rings (SSSR count). The first-order valence-electron chi connectivity index (χ1n) is 5.99. The van der Waals surface area contributed by atoms with E-state index in [1.54, 1.807) is 6.07 Å². The number of rotatable bonds is 5. The van der Waals surface area contributed by atoms with Gasteiger partial charge in [0, 0.05) is 24.2 Å². The molecule has 1 aromatic rings. The largest absolute Gasteiger partial charge is 0.374 e. The van der Waals surface area contributed by atoms with E-state index in [-0.39, 0.29) is 18.4 Å². The van der Waals surface area contributed by atoms with Crippen molar-refractivity contribution < 1.29 is 14.4 Å². The third-order valence-electron chi connectivity index (χ3n) is 2.80. The second-order valence-electron chi connectivity index (χ2n) is 4.24. The third-order valence-corrected chi connectivity index (χ3v) is 3.04. The van der Waals surface area contributed by atoms with Crippen LogP contribution in [0.1, 0.15) is 5.56 Å². The Balaban J connectivity index is 1.91. The molecule has 0 aromatic heterocycles. The van der Waals surface area contributed by atoms with Crippen molar-refractivity contribution >= 4 is 17.3 Å². The summed E-state index contributed by atoms with van der Waals surface area (Å²) in [6.45, 7) is 2.78. The summed E-state index contributed by atoms with van der Waals surface area (Å²) in [4.78, 5) is 10.4. The topological polar surface area (TPSA) is 73.6 Å². The second-order valence-corrected chi connectivity index (χ2v) is 4.68. The van der Waals surface area contributed by atoms with Gasteiger partial charge in [0.05, 0.1) is 36.4 Å². The smallest absolute Gasteiger partial charge is 0.275 e. The molecular formula is C12H15ClN2O4. The van der Waals surface area contributed by atoms with Gasteiger partial charge in [-0.1, -0.05) is 11.6 Å². The molecule has 1 aliphatic heterocycles. The number of benzene rings is 1.